The van der Waals surface area contributed by atoms with Gasteiger partial charge in [0, 0.05) is 19.6 Å². The summed E-state index contributed by atoms with van der Waals surface area (Å²) in [5.41, 5.74) is 0.470. The summed E-state index contributed by atoms with van der Waals surface area (Å²) in [7, 11) is 0. The molecule has 1 heterocycles. The van der Waals surface area contributed by atoms with E-state index < -0.39 is 5.60 Å². The van der Waals surface area contributed by atoms with Gasteiger partial charge in [0.1, 0.15) is 5.82 Å². The van der Waals surface area contributed by atoms with E-state index in [4.69, 9.17) is 11.6 Å². The third-order valence-corrected chi connectivity index (χ3v) is 5.19. The summed E-state index contributed by atoms with van der Waals surface area (Å²) in [6.45, 7) is 4.60. The van der Waals surface area contributed by atoms with Gasteiger partial charge in [-0.3, -0.25) is 4.90 Å². The summed E-state index contributed by atoms with van der Waals surface area (Å²) < 4.78 is 13.5. The maximum absolute atomic E-state index is 13.5. The molecule has 20 heavy (non-hydrogen) atoms. The lowest BCUT2D eigenvalue weighted by atomic mass is 9.78. The Kier molecular flexibility index (Phi) is 3.78. The van der Waals surface area contributed by atoms with Gasteiger partial charge in [0.05, 0.1) is 10.6 Å². The Morgan fingerprint density at radius 2 is 2.20 bits per heavy atom. The van der Waals surface area contributed by atoms with Gasteiger partial charge in [0.2, 0.25) is 0 Å². The zero-order valence-electron chi connectivity index (χ0n) is 11.8. The van der Waals surface area contributed by atoms with E-state index in [1.807, 2.05) is 6.07 Å². The Labute approximate surface area is 124 Å². The third kappa shape index (κ3) is 2.72. The third-order valence-electron chi connectivity index (χ3n) is 4.89. The molecule has 0 aromatic heterocycles. The molecule has 0 spiro atoms. The average Bonchev–Trinajstić information content (AvgIpc) is 3.23. The Hall–Kier alpha value is -0.640. The number of rotatable bonds is 3. The van der Waals surface area contributed by atoms with E-state index in [-0.39, 0.29) is 16.8 Å². The molecule has 1 saturated carbocycles. The smallest absolute Gasteiger partial charge is 0.142 e. The minimum Gasteiger partial charge on any atom is -0.389 e. The fourth-order valence-electron chi connectivity index (χ4n) is 3.45. The molecule has 3 rings (SSSR count). The molecular weight excluding hydrogens is 277 g/mol. The second-order valence-electron chi connectivity index (χ2n) is 6.40. The molecule has 0 bridgehead atoms. The van der Waals surface area contributed by atoms with Crippen molar-refractivity contribution in [2.24, 2.45) is 11.8 Å². The van der Waals surface area contributed by atoms with E-state index in [0.717, 1.165) is 31.6 Å². The lowest BCUT2D eigenvalue weighted by Crippen LogP contribution is -2.51. The van der Waals surface area contributed by atoms with Crippen molar-refractivity contribution in [2.75, 3.05) is 13.1 Å². The van der Waals surface area contributed by atoms with Gasteiger partial charge in [-0.25, -0.2) is 4.39 Å². The number of aliphatic hydroxyl groups is 1. The zero-order chi connectivity index (χ0) is 14.3. The summed E-state index contributed by atoms with van der Waals surface area (Å²) in [5, 5.41) is 10.9. The number of likely N-dealkylation sites (tertiary alicyclic amines) is 1. The topological polar surface area (TPSA) is 23.5 Å². The molecule has 0 amide bonds. The van der Waals surface area contributed by atoms with E-state index >= 15 is 0 Å². The van der Waals surface area contributed by atoms with Crippen LogP contribution >= 0.6 is 11.6 Å². The molecule has 1 aliphatic carbocycles. The Morgan fingerprint density at radius 1 is 1.45 bits per heavy atom. The first kappa shape index (κ1) is 14.3. The van der Waals surface area contributed by atoms with Crippen LogP contribution in [0.1, 0.15) is 31.7 Å². The highest BCUT2D eigenvalue weighted by atomic mass is 35.5. The minimum atomic E-state index is -0.470. The van der Waals surface area contributed by atoms with Crippen LogP contribution in [0.2, 0.25) is 5.02 Å². The van der Waals surface area contributed by atoms with Crippen LogP contribution in [0.25, 0.3) is 0 Å². The molecule has 2 atom stereocenters. The van der Waals surface area contributed by atoms with Crippen molar-refractivity contribution in [3.8, 4) is 0 Å². The molecule has 4 heteroatoms. The molecule has 1 saturated heterocycles. The number of hydrogen-bond acceptors (Lipinski definition) is 2. The van der Waals surface area contributed by atoms with Crippen molar-refractivity contribution in [3.05, 3.63) is 34.6 Å². The lowest BCUT2D eigenvalue weighted by molar-refractivity contribution is -0.0832. The number of hydrogen-bond donors (Lipinski definition) is 1. The monoisotopic (exact) mass is 297 g/mol. The van der Waals surface area contributed by atoms with Gasteiger partial charge in [-0.2, -0.15) is 0 Å². The number of nitrogens with zero attached hydrogens (tertiary/aromatic N) is 1. The van der Waals surface area contributed by atoms with E-state index in [9.17, 15) is 9.50 Å². The molecule has 2 nitrogen and oxygen atoms in total. The first-order valence-corrected chi connectivity index (χ1v) is 7.75. The van der Waals surface area contributed by atoms with E-state index in [0.29, 0.717) is 5.92 Å². The largest absolute Gasteiger partial charge is 0.389 e. The lowest BCUT2D eigenvalue weighted by Gasteiger charge is -2.43. The van der Waals surface area contributed by atoms with E-state index in [2.05, 4.69) is 11.8 Å². The predicted molar refractivity (Wildman–Crippen MR) is 78.1 cm³/mol. The van der Waals surface area contributed by atoms with Gasteiger partial charge >= 0.3 is 0 Å². The number of piperidine rings is 1. The highest BCUT2D eigenvalue weighted by Crippen LogP contribution is 2.47. The van der Waals surface area contributed by atoms with Crippen LogP contribution in [-0.2, 0) is 6.54 Å². The van der Waals surface area contributed by atoms with Crippen LogP contribution in [0.3, 0.4) is 0 Å². The molecule has 2 fully saturated rings. The maximum atomic E-state index is 13.5. The molecule has 0 radical (unpaired) electrons. The number of benzene rings is 1. The fraction of sp³-hybridized carbons (Fsp3) is 0.625. The molecule has 1 aromatic rings. The summed E-state index contributed by atoms with van der Waals surface area (Å²) in [6, 6.07) is 4.99. The van der Waals surface area contributed by atoms with Crippen molar-refractivity contribution in [1.82, 2.24) is 4.90 Å². The van der Waals surface area contributed by atoms with Crippen molar-refractivity contribution in [3.63, 3.8) is 0 Å². The van der Waals surface area contributed by atoms with Gasteiger partial charge in [0.25, 0.3) is 0 Å². The standard InChI is InChI=1S/C16H21ClFNO/c1-11-9-19(7-6-16(11,20)13-3-4-13)10-12-2-5-14(17)15(18)8-12/h2,5,8,11,13,20H,3-4,6-7,9-10H2,1H3/t11-,16+/m1/s1. The Bertz CT molecular complexity index is 505. The van der Waals surface area contributed by atoms with Crippen LogP contribution in [-0.4, -0.2) is 28.7 Å². The summed E-state index contributed by atoms with van der Waals surface area (Å²) in [5.74, 6) is 0.428. The highest BCUT2D eigenvalue weighted by molar-refractivity contribution is 6.30. The first-order chi connectivity index (χ1) is 9.49. The molecule has 1 aromatic carbocycles. The molecule has 1 aliphatic heterocycles. The van der Waals surface area contributed by atoms with Gasteiger partial charge in [-0.15, -0.1) is 0 Å². The summed E-state index contributed by atoms with van der Waals surface area (Å²) in [4.78, 5) is 2.30. The Balaban J connectivity index is 1.63. The van der Waals surface area contributed by atoms with E-state index in [1.165, 1.54) is 18.9 Å². The van der Waals surface area contributed by atoms with Gasteiger partial charge < -0.3 is 5.11 Å². The fourth-order valence-corrected chi connectivity index (χ4v) is 3.57. The van der Waals surface area contributed by atoms with Crippen molar-refractivity contribution in [2.45, 2.75) is 38.3 Å². The number of halogens is 2. The van der Waals surface area contributed by atoms with Gasteiger partial charge in [-0.05, 0) is 48.8 Å². The summed E-state index contributed by atoms with van der Waals surface area (Å²) in [6.07, 6.45) is 3.17. The van der Waals surface area contributed by atoms with Crippen molar-refractivity contribution in [1.29, 1.82) is 0 Å². The normalized spacial score (nSPS) is 31.5. The predicted octanol–water partition coefficient (Wildman–Crippen LogP) is 3.46. The zero-order valence-corrected chi connectivity index (χ0v) is 12.5. The SMILES string of the molecule is C[C@@H]1CN(Cc2ccc(Cl)c(F)c2)CC[C@@]1(O)C1CC1. The molecule has 0 unspecified atom stereocenters. The maximum Gasteiger partial charge on any atom is 0.142 e. The first-order valence-electron chi connectivity index (χ1n) is 7.37. The summed E-state index contributed by atoms with van der Waals surface area (Å²) >= 11 is 5.70. The van der Waals surface area contributed by atoms with Crippen molar-refractivity contribution >= 4 is 11.6 Å². The van der Waals surface area contributed by atoms with E-state index in [1.54, 1.807) is 6.07 Å². The minimum absolute atomic E-state index is 0.170. The molecular formula is C16H21ClFNO. The van der Waals surface area contributed by atoms with Crippen LogP contribution in [0.4, 0.5) is 4.39 Å². The molecule has 1 N–H and O–H groups in total. The van der Waals surface area contributed by atoms with Gasteiger partial charge in [-0.1, -0.05) is 24.6 Å². The van der Waals surface area contributed by atoms with Crippen LogP contribution < -0.4 is 0 Å². The van der Waals surface area contributed by atoms with Crippen LogP contribution in [0.5, 0.6) is 0 Å². The highest BCUT2D eigenvalue weighted by Gasteiger charge is 2.49. The molecule has 110 valence electrons. The second kappa shape index (κ2) is 5.28. The Morgan fingerprint density at radius 3 is 2.80 bits per heavy atom. The second-order valence-corrected chi connectivity index (χ2v) is 6.81. The van der Waals surface area contributed by atoms with Crippen LogP contribution in [0, 0.1) is 17.7 Å². The average molecular weight is 298 g/mol. The van der Waals surface area contributed by atoms with Gasteiger partial charge in [0.15, 0.2) is 0 Å². The quantitative estimate of drug-likeness (QED) is 0.923. The van der Waals surface area contributed by atoms with Crippen LogP contribution in [0.15, 0.2) is 18.2 Å². The van der Waals surface area contributed by atoms with Crippen molar-refractivity contribution < 1.29 is 9.50 Å². The molecule has 2 aliphatic rings.